The van der Waals surface area contributed by atoms with Gasteiger partial charge in [0.25, 0.3) is 5.91 Å². The fraction of sp³-hybridized carbons (Fsp3) is 0.121. The molecule has 1 unspecified atom stereocenters. The van der Waals surface area contributed by atoms with Gasteiger partial charge in [-0.2, -0.15) is 0 Å². The van der Waals surface area contributed by atoms with E-state index in [1.165, 1.54) is 12.1 Å². The number of halogens is 1. The number of hydrogen-bond acceptors (Lipinski definition) is 6. The van der Waals surface area contributed by atoms with Crippen LogP contribution in [0.1, 0.15) is 38.5 Å². The standard InChI is InChI=1S/C33H29FN6O2/c34-26-12-4-7-22(17-26)13-16-38-32-27(29(31(35)41)25-11-6-15-37-21-25)18-28(30(40-32)24-9-2-1-3-10-24)33(42)39-20-23-8-5-14-36-19-23/h1-12,14-15,17-19,21,29H,13,16,20H2,(H2,35,41)(H,38,40)(H,39,42). The largest absolute Gasteiger partial charge is 0.369 e. The normalized spacial score (nSPS) is 11.5. The Morgan fingerprint density at radius 2 is 1.62 bits per heavy atom. The molecule has 0 aliphatic carbocycles. The number of aromatic nitrogens is 3. The Hall–Kier alpha value is -5.44. The maximum absolute atomic E-state index is 13.8. The minimum atomic E-state index is -0.933. The van der Waals surface area contributed by atoms with E-state index in [2.05, 4.69) is 20.6 Å². The van der Waals surface area contributed by atoms with Gasteiger partial charge < -0.3 is 16.4 Å². The molecule has 1 atom stereocenters. The Kier molecular flexibility index (Phi) is 8.88. The van der Waals surface area contributed by atoms with Gasteiger partial charge in [-0.05, 0) is 53.4 Å². The first kappa shape index (κ1) is 28.1. The average molecular weight is 561 g/mol. The van der Waals surface area contributed by atoms with Gasteiger partial charge in [-0.15, -0.1) is 0 Å². The number of carbonyl (C=O) groups excluding carboxylic acids is 2. The van der Waals surface area contributed by atoms with Crippen LogP contribution in [0, 0.1) is 5.82 Å². The molecule has 0 radical (unpaired) electrons. The molecule has 2 amide bonds. The Labute approximate surface area is 242 Å². The molecule has 4 N–H and O–H groups in total. The highest BCUT2D eigenvalue weighted by molar-refractivity contribution is 6.01. The molecule has 2 aromatic carbocycles. The lowest BCUT2D eigenvalue weighted by atomic mass is 9.89. The number of nitrogens with one attached hydrogen (secondary N) is 2. The zero-order valence-corrected chi connectivity index (χ0v) is 22.7. The number of carbonyl (C=O) groups is 2. The van der Waals surface area contributed by atoms with Gasteiger partial charge in [0, 0.05) is 49.0 Å². The van der Waals surface area contributed by atoms with E-state index in [0.29, 0.717) is 35.6 Å². The van der Waals surface area contributed by atoms with Crippen LogP contribution in [0.3, 0.4) is 0 Å². The predicted molar refractivity (Wildman–Crippen MR) is 159 cm³/mol. The van der Waals surface area contributed by atoms with Crippen LogP contribution in [0.5, 0.6) is 0 Å². The minimum absolute atomic E-state index is 0.256. The van der Waals surface area contributed by atoms with Gasteiger partial charge in [0.15, 0.2) is 0 Å². The highest BCUT2D eigenvalue weighted by Gasteiger charge is 2.28. The first-order valence-corrected chi connectivity index (χ1v) is 13.4. The van der Waals surface area contributed by atoms with Gasteiger partial charge in [-0.1, -0.05) is 54.6 Å². The molecule has 0 spiro atoms. The molecule has 0 aliphatic heterocycles. The third-order valence-electron chi connectivity index (χ3n) is 6.73. The van der Waals surface area contributed by atoms with E-state index in [1.807, 2.05) is 42.5 Å². The summed E-state index contributed by atoms with van der Waals surface area (Å²) in [7, 11) is 0. The lowest BCUT2D eigenvalue weighted by molar-refractivity contribution is -0.118. The number of rotatable bonds is 11. The molecule has 5 rings (SSSR count). The maximum atomic E-state index is 13.8. The van der Waals surface area contributed by atoms with E-state index >= 15 is 0 Å². The SMILES string of the molecule is NC(=O)C(c1cccnc1)c1cc(C(=O)NCc2cccnc2)c(-c2ccccc2)nc1NCCc1cccc(F)c1. The van der Waals surface area contributed by atoms with Crippen LogP contribution in [-0.2, 0) is 17.8 Å². The maximum Gasteiger partial charge on any atom is 0.253 e. The second-order valence-electron chi connectivity index (χ2n) is 9.66. The van der Waals surface area contributed by atoms with Crippen molar-refractivity contribution < 1.29 is 14.0 Å². The van der Waals surface area contributed by atoms with Gasteiger partial charge in [0.1, 0.15) is 11.6 Å². The number of hydrogen-bond donors (Lipinski definition) is 3. The molecule has 9 heteroatoms. The molecule has 8 nitrogen and oxygen atoms in total. The molecule has 5 aromatic rings. The Morgan fingerprint density at radius 3 is 2.31 bits per heavy atom. The van der Waals surface area contributed by atoms with Gasteiger partial charge in [-0.3, -0.25) is 19.6 Å². The fourth-order valence-corrected chi connectivity index (χ4v) is 4.72. The van der Waals surface area contributed by atoms with Crippen LogP contribution in [0.2, 0.25) is 0 Å². The van der Waals surface area contributed by atoms with Crippen molar-refractivity contribution in [1.29, 1.82) is 0 Å². The second kappa shape index (κ2) is 13.3. The Bertz CT molecular complexity index is 1670. The van der Waals surface area contributed by atoms with Gasteiger partial charge in [0.2, 0.25) is 5.91 Å². The van der Waals surface area contributed by atoms with Crippen molar-refractivity contribution in [3.05, 3.63) is 143 Å². The number of amides is 2. The number of anilines is 1. The number of pyridine rings is 3. The quantitative estimate of drug-likeness (QED) is 0.212. The van der Waals surface area contributed by atoms with Gasteiger partial charge >= 0.3 is 0 Å². The van der Waals surface area contributed by atoms with E-state index in [9.17, 15) is 14.0 Å². The van der Waals surface area contributed by atoms with E-state index in [1.54, 1.807) is 55.1 Å². The molecule has 0 saturated heterocycles. The summed E-state index contributed by atoms with van der Waals surface area (Å²) < 4.78 is 13.8. The van der Waals surface area contributed by atoms with Crippen molar-refractivity contribution in [1.82, 2.24) is 20.3 Å². The molecule has 0 fully saturated rings. The fourth-order valence-electron chi connectivity index (χ4n) is 4.72. The second-order valence-corrected chi connectivity index (χ2v) is 9.66. The summed E-state index contributed by atoms with van der Waals surface area (Å²) in [6.07, 6.45) is 7.02. The molecular weight excluding hydrogens is 531 g/mol. The van der Waals surface area contributed by atoms with Crippen molar-refractivity contribution in [3.8, 4) is 11.3 Å². The lowest BCUT2D eigenvalue weighted by Crippen LogP contribution is -2.27. The minimum Gasteiger partial charge on any atom is -0.369 e. The van der Waals surface area contributed by atoms with E-state index in [-0.39, 0.29) is 23.8 Å². The topological polar surface area (TPSA) is 123 Å². The Balaban J connectivity index is 1.59. The van der Waals surface area contributed by atoms with Crippen molar-refractivity contribution in [2.24, 2.45) is 5.73 Å². The zero-order valence-electron chi connectivity index (χ0n) is 22.7. The van der Waals surface area contributed by atoms with Crippen LogP contribution in [0.15, 0.2) is 110 Å². The first-order valence-electron chi connectivity index (χ1n) is 13.4. The van der Waals surface area contributed by atoms with Crippen molar-refractivity contribution >= 4 is 17.6 Å². The number of primary amides is 1. The van der Waals surface area contributed by atoms with Crippen LogP contribution in [0.4, 0.5) is 10.2 Å². The molecule has 3 aromatic heterocycles. The predicted octanol–water partition coefficient (Wildman–Crippen LogP) is 4.88. The van der Waals surface area contributed by atoms with Crippen LogP contribution >= 0.6 is 0 Å². The molecule has 3 heterocycles. The summed E-state index contributed by atoms with van der Waals surface area (Å²) in [4.78, 5) is 39.8. The molecule has 0 bridgehead atoms. The van der Waals surface area contributed by atoms with Crippen LogP contribution in [-0.4, -0.2) is 33.3 Å². The highest BCUT2D eigenvalue weighted by atomic mass is 19.1. The summed E-state index contributed by atoms with van der Waals surface area (Å²) in [5.74, 6) is -1.84. The van der Waals surface area contributed by atoms with Crippen molar-refractivity contribution in [3.63, 3.8) is 0 Å². The molecule has 0 saturated carbocycles. The van der Waals surface area contributed by atoms with Crippen molar-refractivity contribution in [2.45, 2.75) is 18.9 Å². The van der Waals surface area contributed by atoms with E-state index in [4.69, 9.17) is 10.7 Å². The summed E-state index contributed by atoms with van der Waals surface area (Å²) in [5.41, 5.74) is 10.0. The van der Waals surface area contributed by atoms with E-state index in [0.717, 1.165) is 16.7 Å². The first-order chi connectivity index (χ1) is 20.5. The van der Waals surface area contributed by atoms with Crippen molar-refractivity contribution in [2.75, 3.05) is 11.9 Å². The van der Waals surface area contributed by atoms with E-state index < -0.39 is 11.8 Å². The van der Waals surface area contributed by atoms with Crippen LogP contribution < -0.4 is 16.4 Å². The third-order valence-corrected chi connectivity index (χ3v) is 6.73. The summed E-state index contributed by atoms with van der Waals surface area (Å²) in [6, 6.07) is 24.5. The zero-order chi connectivity index (χ0) is 29.3. The monoisotopic (exact) mass is 560 g/mol. The smallest absolute Gasteiger partial charge is 0.253 e. The lowest BCUT2D eigenvalue weighted by Gasteiger charge is -2.21. The molecule has 0 aliphatic rings. The summed E-state index contributed by atoms with van der Waals surface area (Å²) in [6.45, 7) is 0.647. The highest BCUT2D eigenvalue weighted by Crippen LogP contribution is 2.34. The summed E-state index contributed by atoms with van der Waals surface area (Å²) >= 11 is 0. The molecule has 210 valence electrons. The number of nitrogens with two attached hydrogens (primary N) is 1. The molecular formula is C33H29FN6O2. The van der Waals surface area contributed by atoms with Gasteiger partial charge in [0.05, 0.1) is 17.2 Å². The number of nitrogens with zero attached hydrogens (tertiary/aromatic N) is 3. The van der Waals surface area contributed by atoms with Gasteiger partial charge in [-0.25, -0.2) is 9.37 Å². The summed E-state index contributed by atoms with van der Waals surface area (Å²) in [5, 5.41) is 6.27. The Morgan fingerprint density at radius 1 is 0.857 bits per heavy atom. The third kappa shape index (κ3) is 6.82. The average Bonchev–Trinajstić information content (AvgIpc) is 3.01. The van der Waals surface area contributed by atoms with Crippen LogP contribution in [0.25, 0.3) is 11.3 Å². The molecule has 42 heavy (non-hydrogen) atoms. The number of benzene rings is 2.